The number of morpholine rings is 1. The first kappa shape index (κ1) is 17.3. The predicted octanol–water partition coefficient (Wildman–Crippen LogP) is 1.30. The Kier molecular flexibility index (Phi) is 5.40. The van der Waals surface area contributed by atoms with Gasteiger partial charge in [-0.2, -0.15) is 0 Å². The first-order valence-corrected chi connectivity index (χ1v) is 9.46. The first-order chi connectivity index (χ1) is 12.8. The van der Waals surface area contributed by atoms with E-state index in [2.05, 4.69) is 19.9 Å². The third-order valence-corrected chi connectivity index (χ3v) is 5.08. The van der Waals surface area contributed by atoms with Crippen molar-refractivity contribution in [2.24, 2.45) is 0 Å². The second-order valence-corrected chi connectivity index (χ2v) is 7.15. The van der Waals surface area contributed by atoms with Gasteiger partial charge >= 0.3 is 0 Å². The van der Waals surface area contributed by atoms with Gasteiger partial charge in [-0.15, -0.1) is 11.3 Å². The van der Waals surface area contributed by atoms with Gasteiger partial charge in [0.2, 0.25) is 0 Å². The molecule has 0 bridgehead atoms. The largest absolute Gasteiger partial charge is 0.389 e. The van der Waals surface area contributed by atoms with Crippen LogP contribution in [0.3, 0.4) is 0 Å². The van der Waals surface area contributed by atoms with Crippen LogP contribution < -0.4 is 4.90 Å². The van der Waals surface area contributed by atoms with E-state index in [9.17, 15) is 5.11 Å². The van der Waals surface area contributed by atoms with Gasteiger partial charge in [-0.3, -0.25) is 0 Å². The Morgan fingerprint density at radius 1 is 1.27 bits per heavy atom. The second kappa shape index (κ2) is 8.09. The van der Waals surface area contributed by atoms with Crippen LogP contribution in [0, 0.1) is 0 Å². The molecule has 1 aliphatic heterocycles. The summed E-state index contributed by atoms with van der Waals surface area (Å²) in [5.74, 6) is 0.820. The number of fused-ring (bicyclic) bond motifs is 1. The average Bonchev–Trinajstić information content (AvgIpc) is 3.33. The molecule has 3 aromatic rings. The zero-order valence-electron chi connectivity index (χ0n) is 14.3. The van der Waals surface area contributed by atoms with E-state index < -0.39 is 6.10 Å². The van der Waals surface area contributed by atoms with Gasteiger partial charge in [-0.1, -0.05) is 6.07 Å². The zero-order chi connectivity index (χ0) is 17.8. The molecular formula is C17H21N5O3S. The van der Waals surface area contributed by atoms with Gasteiger partial charge in [0.15, 0.2) is 17.0 Å². The molecule has 26 heavy (non-hydrogen) atoms. The van der Waals surface area contributed by atoms with E-state index in [-0.39, 0.29) is 6.61 Å². The topological polar surface area (TPSA) is 85.5 Å². The lowest BCUT2D eigenvalue weighted by molar-refractivity contribution is 0.0217. The number of anilines is 1. The molecule has 0 radical (unpaired) electrons. The van der Waals surface area contributed by atoms with E-state index in [1.54, 1.807) is 24.0 Å². The zero-order valence-corrected chi connectivity index (χ0v) is 15.1. The summed E-state index contributed by atoms with van der Waals surface area (Å²) in [4.78, 5) is 16.5. The number of nitrogens with zero attached hydrogens (tertiary/aromatic N) is 5. The summed E-state index contributed by atoms with van der Waals surface area (Å²) in [6.45, 7) is 4.11. The molecule has 0 saturated carbocycles. The summed E-state index contributed by atoms with van der Waals surface area (Å²) in [6.07, 6.45) is 2.62. The average molecular weight is 375 g/mol. The van der Waals surface area contributed by atoms with E-state index >= 15 is 0 Å². The number of aromatic nitrogens is 4. The Hall–Kier alpha value is -2.07. The molecule has 1 fully saturated rings. The van der Waals surface area contributed by atoms with Crippen molar-refractivity contribution in [1.29, 1.82) is 0 Å². The van der Waals surface area contributed by atoms with Crippen molar-refractivity contribution in [3.8, 4) is 0 Å². The summed E-state index contributed by atoms with van der Waals surface area (Å²) in [7, 11) is 0. The van der Waals surface area contributed by atoms with E-state index in [4.69, 9.17) is 9.47 Å². The van der Waals surface area contributed by atoms with Crippen LogP contribution in [0.2, 0.25) is 0 Å². The lowest BCUT2D eigenvalue weighted by Crippen LogP contribution is -2.37. The van der Waals surface area contributed by atoms with Crippen LogP contribution in [-0.2, 0) is 22.6 Å². The first-order valence-electron chi connectivity index (χ1n) is 8.58. The van der Waals surface area contributed by atoms with Crippen LogP contribution in [0.5, 0.6) is 0 Å². The second-order valence-electron chi connectivity index (χ2n) is 6.11. The summed E-state index contributed by atoms with van der Waals surface area (Å²) in [5.41, 5.74) is 1.47. The maximum Gasteiger partial charge on any atom is 0.165 e. The fourth-order valence-electron chi connectivity index (χ4n) is 2.98. The number of aliphatic hydroxyl groups is 1. The smallest absolute Gasteiger partial charge is 0.165 e. The number of imidazole rings is 1. The monoisotopic (exact) mass is 375 g/mol. The van der Waals surface area contributed by atoms with Crippen molar-refractivity contribution < 1.29 is 14.6 Å². The minimum absolute atomic E-state index is 0.263. The lowest BCUT2D eigenvalue weighted by atomic mass is 10.3. The fraction of sp³-hybridized carbons (Fsp3) is 0.471. The van der Waals surface area contributed by atoms with Crippen LogP contribution in [0.1, 0.15) is 4.88 Å². The molecule has 0 spiro atoms. The summed E-state index contributed by atoms with van der Waals surface area (Å²) < 4.78 is 12.8. The number of aliphatic hydroxyl groups excluding tert-OH is 1. The van der Waals surface area contributed by atoms with Gasteiger partial charge < -0.3 is 24.0 Å². The van der Waals surface area contributed by atoms with Gasteiger partial charge in [0, 0.05) is 18.0 Å². The molecule has 0 amide bonds. The Bertz CT molecular complexity index is 832. The molecule has 3 aromatic heterocycles. The Morgan fingerprint density at radius 3 is 2.96 bits per heavy atom. The molecule has 8 nitrogen and oxygen atoms in total. The molecule has 0 aromatic carbocycles. The van der Waals surface area contributed by atoms with Crippen LogP contribution in [0.4, 0.5) is 5.82 Å². The molecule has 1 atom stereocenters. The van der Waals surface area contributed by atoms with E-state index in [0.29, 0.717) is 26.4 Å². The van der Waals surface area contributed by atoms with Crippen LogP contribution >= 0.6 is 11.3 Å². The fourth-order valence-corrected chi connectivity index (χ4v) is 3.62. The SMILES string of the molecule is OC(COCc1cccs1)Cn1cnc2c(N3CCOCC3)ncnc21. The van der Waals surface area contributed by atoms with Crippen LogP contribution in [-0.4, -0.2) is 63.6 Å². The molecule has 1 unspecified atom stereocenters. The highest BCUT2D eigenvalue weighted by molar-refractivity contribution is 7.09. The maximum atomic E-state index is 10.3. The Labute approximate surface area is 155 Å². The molecule has 9 heteroatoms. The van der Waals surface area contributed by atoms with Gasteiger partial charge in [0.1, 0.15) is 6.33 Å². The highest BCUT2D eigenvalue weighted by Crippen LogP contribution is 2.22. The minimum atomic E-state index is -0.630. The number of rotatable bonds is 7. The number of hydrogen-bond acceptors (Lipinski definition) is 8. The quantitative estimate of drug-likeness (QED) is 0.666. The summed E-state index contributed by atoms with van der Waals surface area (Å²) in [6, 6.07) is 4.01. The van der Waals surface area contributed by atoms with Gasteiger partial charge in [-0.05, 0) is 11.4 Å². The van der Waals surface area contributed by atoms with E-state index in [1.165, 1.54) is 0 Å². The van der Waals surface area contributed by atoms with Crippen molar-refractivity contribution in [2.75, 3.05) is 37.8 Å². The van der Waals surface area contributed by atoms with Crippen molar-refractivity contribution in [2.45, 2.75) is 19.3 Å². The summed E-state index contributed by atoms with van der Waals surface area (Å²) >= 11 is 1.64. The summed E-state index contributed by atoms with van der Waals surface area (Å²) in [5, 5.41) is 12.3. The molecule has 0 aliphatic carbocycles. The molecule has 1 saturated heterocycles. The lowest BCUT2D eigenvalue weighted by Gasteiger charge is -2.27. The van der Waals surface area contributed by atoms with E-state index in [0.717, 1.165) is 34.9 Å². The van der Waals surface area contributed by atoms with Crippen molar-refractivity contribution in [1.82, 2.24) is 19.5 Å². The normalized spacial score (nSPS) is 16.3. The molecule has 4 heterocycles. The van der Waals surface area contributed by atoms with Gasteiger partial charge in [0.25, 0.3) is 0 Å². The standard InChI is InChI=1S/C17H21N5O3S/c23-13(9-25-10-14-2-1-7-26-14)8-22-12-20-15-16(18-11-19-17(15)22)21-3-5-24-6-4-21/h1-2,7,11-13,23H,3-6,8-10H2. The number of thiophene rings is 1. The maximum absolute atomic E-state index is 10.3. The highest BCUT2D eigenvalue weighted by atomic mass is 32.1. The molecule has 138 valence electrons. The molecule has 1 aliphatic rings. The Morgan fingerprint density at radius 2 is 2.15 bits per heavy atom. The number of hydrogen-bond donors (Lipinski definition) is 1. The van der Waals surface area contributed by atoms with Crippen molar-refractivity contribution in [3.63, 3.8) is 0 Å². The highest BCUT2D eigenvalue weighted by Gasteiger charge is 2.19. The van der Waals surface area contributed by atoms with Gasteiger partial charge in [-0.25, -0.2) is 15.0 Å². The predicted molar refractivity (Wildman–Crippen MR) is 98.3 cm³/mol. The molecule has 1 N–H and O–H groups in total. The third-order valence-electron chi connectivity index (χ3n) is 4.23. The van der Waals surface area contributed by atoms with Gasteiger partial charge in [0.05, 0.1) is 45.4 Å². The third kappa shape index (κ3) is 3.85. The molecular weight excluding hydrogens is 354 g/mol. The Balaban J connectivity index is 1.41. The molecule has 4 rings (SSSR count). The van der Waals surface area contributed by atoms with Crippen molar-refractivity contribution >= 4 is 28.3 Å². The van der Waals surface area contributed by atoms with Crippen LogP contribution in [0.25, 0.3) is 11.2 Å². The van der Waals surface area contributed by atoms with E-state index in [1.807, 2.05) is 22.1 Å². The minimum Gasteiger partial charge on any atom is -0.389 e. The number of ether oxygens (including phenoxy) is 2. The van der Waals surface area contributed by atoms with Crippen LogP contribution in [0.15, 0.2) is 30.2 Å². The van der Waals surface area contributed by atoms with Crippen molar-refractivity contribution in [3.05, 3.63) is 35.0 Å².